The fraction of sp³-hybridized carbons (Fsp3) is 0.143. The third-order valence-corrected chi connectivity index (χ3v) is 7.38. The summed E-state index contributed by atoms with van der Waals surface area (Å²) in [5.74, 6) is 0. The van der Waals surface area contributed by atoms with Crippen molar-refractivity contribution in [2.24, 2.45) is 0 Å². The van der Waals surface area contributed by atoms with E-state index in [9.17, 15) is 10.0 Å². The quantitative estimate of drug-likeness (QED) is 0.409. The Hall–Kier alpha value is -3.14. The van der Waals surface area contributed by atoms with E-state index >= 15 is 0 Å². The molecule has 0 aromatic heterocycles. The monoisotopic (exact) mass is 402 g/mol. The molecule has 2 aliphatic carbocycles. The number of rotatable bonds is 1. The van der Waals surface area contributed by atoms with Gasteiger partial charge in [0.2, 0.25) is 0 Å². The Labute approximate surface area is 183 Å². The zero-order valence-electron chi connectivity index (χ0n) is 17.6. The van der Waals surface area contributed by atoms with Crippen molar-refractivity contribution in [1.82, 2.24) is 0 Å². The molecule has 2 nitrogen and oxygen atoms in total. The van der Waals surface area contributed by atoms with Crippen molar-refractivity contribution in [3.63, 3.8) is 0 Å². The van der Waals surface area contributed by atoms with Crippen LogP contribution in [-0.4, -0.2) is 17.2 Å². The summed E-state index contributed by atoms with van der Waals surface area (Å²) < 4.78 is 0. The average Bonchev–Trinajstić information content (AvgIpc) is 3.09. The van der Waals surface area contributed by atoms with Crippen LogP contribution in [0.1, 0.15) is 47.2 Å². The van der Waals surface area contributed by atoms with Crippen molar-refractivity contribution in [3.05, 3.63) is 124 Å². The first-order valence-electron chi connectivity index (χ1n) is 10.8. The second-order valence-corrected chi connectivity index (χ2v) is 9.19. The van der Waals surface area contributed by atoms with Gasteiger partial charge in [-0.1, -0.05) is 105 Å². The van der Waals surface area contributed by atoms with Crippen LogP contribution >= 0.6 is 0 Å². The third kappa shape index (κ3) is 2.20. The van der Waals surface area contributed by atoms with Gasteiger partial charge < -0.3 is 10.0 Å². The van der Waals surface area contributed by atoms with Gasteiger partial charge in [0.05, 0.1) is 5.41 Å². The maximum absolute atomic E-state index is 10.0. The van der Waals surface area contributed by atoms with Gasteiger partial charge in [0.1, 0.15) is 0 Å². The Balaban J connectivity index is 1.86. The van der Waals surface area contributed by atoms with E-state index in [-0.39, 0.29) is 5.41 Å². The van der Waals surface area contributed by atoms with Crippen molar-refractivity contribution in [2.75, 3.05) is 0 Å². The molecule has 0 atom stereocenters. The first-order chi connectivity index (χ1) is 15.0. The van der Waals surface area contributed by atoms with Crippen molar-refractivity contribution in [1.29, 1.82) is 0 Å². The Morgan fingerprint density at radius 3 is 1.61 bits per heavy atom. The smallest absolute Gasteiger partial charge is 0.423 e. The SMILES string of the molecule is CC1(C)c2ccccc2C2(c3ccccc3-c3ccccc32)c2cc(B(O)O)ccc21. The standard InChI is InChI=1S/C28H23BO2/c1-27(2)23-13-7-8-14-25(23)28(26-17-18(29(30)31)15-16-24(26)27)21-11-5-3-9-19(21)20-10-4-6-12-22(20)28/h3-17,30-31H,1-2H3. The molecular weight excluding hydrogens is 379 g/mol. The van der Waals surface area contributed by atoms with E-state index in [1.165, 1.54) is 38.9 Å². The molecular formula is C28H23BO2. The van der Waals surface area contributed by atoms with Crippen LogP contribution in [0.5, 0.6) is 0 Å². The van der Waals surface area contributed by atoms with Crippen molar-refractivity contribution >= 4 is 12.6 Å². The van der Waals surface area contributed by atoms with E-state index in [0.29, 0.717) is 5.46 Å². The summed E-state index contributed by atoms with van der Waals surface area (Å²) in [6, 6.07) is 32.0. The van der Waals surface area contributed by atoms with Crippen LogP contribution in [-0.2, 0) is 10.8 Å². The van der Waals surface area contributed by atoms with Gasteiger partial charge in [-0.15, -0.1) is 0 Å². The summed E-state index contributed by atoms with van der Waals surface area (Å²) in [4.78, 5) is 0. The molecule has 31 heavy (non-hydrogen) atoms. The molecule has 2 aliphatic rings. The summed E-state index contributed by atoms with van der Waals surface area (Å²) in [7, 11) is -1.51. The van der Waals surface area contributed by atoms with Gasteiger partial charge in [0.25, 0.3) is 0 Å². The molecule has 0 bridgehead atoms. The molecule has 150 valence electrons. The lowest BCUT2D eigenvalue weighted by molar-refractivity contribution is 0.425. The van der Waals surface area contributed by atoms with Crippen molar-refractivity contribution in [3.8, 4) is 11.1 Å². The molecule has 2 N–H and O–H groups in total. The molecule has 3 heteroatoms. The van der Waals surface area contributed by atoms with Crippen LogP contribution in [0.2, 0.25) is 0 Å². The molecule has 0 unspecified atom stereocenters. The van der Waals surface area contributed by atoms with Gasteiger partial charge in [-0.05, 0) is 50.0 Å². The zero-order chi connectivity index (χ0) is 21.4. The van der Waals surface area contributed by atoms with Crippen LogP contribution < -0.4 is 5.46 Å². The molecule has 0 radical (unpaired) electrons. The molecule has 4 aromatic rings. The summed E-state index contributed by atoms with van der Waals surface area (Å²) in [5.41, 5.74) is 9.77. The van der Waals surface area contributed by atoms with E-state index in [0.717, 1.165) is 5.56 Å². The molecule has 1 spiro atoms. The molecule has 6 rings (SSSR count). The second kappa shape index (κ2) is 6.19. The fourth-order valence-electron chi connectivity index (χ4n) is 6.04. The van der Waals surface area contributed by atoms with Crippen LogP contribution in [0.15, 0.2) is 91.0 Å². The normalized spacial score (nSPS) is 16.3. The topological polar surface area (TPSA) is 40.5 Å². The molecule has 0 heterocycles. The number of fused-ring (bicyclic) bond motifs is 9. The van der Waals surface area contributed by atoms with E-state index < -0.39 is 12.5 Å². The van der Waals surface area contributed by atoms with Crippen LogP contribution in [0, 0.1) is 0 Å². The van der Waals surface area contributed by atoms with Crippen LogP contribution in [0.4, 0.5) is 0 Å². The molecule has 4 aromatic carbocycles. The molecule has 0 fully saturated rings. The first kappa shape index (κ1) is 18.6. The molecule has 0 amide bonds. The first-order valence-corrected chi connectivity index (χ1v) is 10.8. The van der Waals surface area contributed by atoms with Crippen LogP contribution in [0.3, 0.4) is 0 Å². The number of hydrogen-bond acceptors (Lipinski definition) is 2. The molecule has 0 aliphatic heterocycles. The van der Waals surface area contributed by atoms with E-state index in [1.807, 2.05) is 12.1 Å². The summed E-state index contributed by atoms with van der Waals surface area (Å²) in [6.07, 6.45) is 0. The van der Waals surface area contributed by atoms with Gasteiger partial charge in [-0.3, -0.25) is 0 Å². The summed E-state index contributed by atoms with van der Waals surface area (Å²) in [5, 5.41) is 20.1. The Morgan fingerprint density at radius 2 is 1.03 bits per heavy atom. The molecule has 0 saturated carbocycles. The van der Waals surface area contributed by atoms with Gasteiger partial charge in [-0.25, -0.2) is 0 Å². The highest BCUT2D eigenvalue weighted by Crippen LogP contribution is 2.61. The largest absolute Gasteiger partial charge is 0.488 e. The predicted molar refractivity (Wildman–Crippen MR) is 126 cm³/mol. The Kier molecular flexibility index (Phi) is 3.72. The lowest BCUT2D eigenvalue weighted by Crippen LogP contribution is -2.42. The van der Waals surface area contributed by atoms with Crippen LogP contribution in [0.25, 0.3) is 11.1 Å². The lowest BCUT2D eigenvalue weighted by atomic mass is 9.54. The Morgan fingerprint density at radius 1 is 0.548 bits per heavy atom. The maximum Gasteiger partial charge on any atom is 0.488 e. The van der Waals surface area contributed by atoms with Gasteiger partial charge in [-0.2, -0.15) is 0 Å². The van der Waals surface area contributed by atoms with Gasteiger partial charge in [0.15, 0.2) is 0 Å². The average molecular weight is 402 g/mol. The van der Waals surface area contributed by atoms with Gasteiger partial charge >= 0.3 is 7.12 Å². The van der Waals surface area contributed by atoms with E-state index in [4.69, 9.17) is 0 Å². The number of benzene rings is 4. The van der Waals surface area contributed by atoms with E-state index in [1.54, 1.807) is 0 Å². The van der Waals surface area contributed by atoms with Gasteiger partial charge in [0, 0.05) is 5.41 Å². The highest BCUT2D eigenvalue weighted by Gasteiger charge is 2.53. The minimum atomic E-state index is -1.51. The van der Waals surface area contributed by atoms with E-state index in [2.05, 4.69) is 92.7 Å². The minimum absolute atomic E-state index is 0.206. The fourth-order valence-corrected chi connectivity index (χ4v) is 6.04. The maximum atomic E-state index is 10.0. The van der Waals surface area contributed by atoms with Crippen molar-refractivity contribution in [2.45, 2.75) is 24.7 Å². The highest BCUT2D eigenvalue weighted by molar-refractivity contribution is 6.58. The van der Waals surface area contributed by atoms with Crippen molar-refractivity contribution < 1.29 is 10.0 Å². The third-order valence-electron chi connectivity index (χ3n) is 7.38. The summed E-state index contributed by atoms with van der Waals surface area (Å²) in [6.45, 7) is 4.53. The minimum Gasteiger partial charge on any atom is -0.423 e. The number of hydrogen-bond donors (Lipinski definition) is 2. The summed E-state index contributed by atoms with van der Waals surface area (Å²) >= 11 is 0. The predicted octanol–water partition coefficient (Wildman–Crippen LogP) is 4.37. The second-order valence-electron chi connectivity index (χ2n) is 9.19. The Bertz CT molecular complexity index is 1310. The highest BCUT2D eigenvalue weighted by atomic mass is 16.4. The lowest BCUT2D eigenvalue weighted by Gasteiger charge is -2.46. The molecule has 0 saturated heterocycles. The zero-order valence-corrected chi connectivity index (χ0v) is 17.6.